The lowest BCUT2D eigenvalue weighted by molar-refractivity contribution is -0.149. The average Bonchev–Trinajstić information content (AvgIpc) is 3.09. The van der Waals surface area contributed by atoms with Crippen LogP contribution in [0.15, 0.2) is 30.1 Å². The third kappa shape index (κ3) is 6.14. The van der Waals surface area contributed by atoms with Crippen LogP contribution in [0.2, 0.25) is 0 Å². The molecule has 7 nitrogen and oxygen atoms in total. The van der Waals surface area contributed by atoms with Crippen LogP contribution in [0.4, 0.5) is 10.1 Å². The summed E-state index contributed by atoms with van der Waals surface area (Å²) in [6, 6.07) is 3.20. The summed E-state index contributed by atoms with van der Waals surface area (Å²) in [6.07, 6.45) is 4.64. The van der Waals surface area contributed by atoms with E-state index in [2.05, 4.69) is 0 Å². The lowest BCUT2D eigenvalue weighted by atomic mass is 9.91. The first kappa shape index (κ1) is 27.0. The van der Waals surface area contributed by atoms with Crippen molar-refractivity contribution in [2.24, 2.45) is 11.8 Å². The van der Waals surface area contributed by atoms with Crippen molar-refractivity contribution in [1.29, 1.82) is 0 Å². The maximum Gasteiger partial charge on any atom is 0.342 e. The van der Waals surface area contributed by atoms with E-state index in [9.17, 15) is 14.7 Å². The van der Waals surface area contributed by atoms with Gasteiger partial charge in [-0.1, -0.05) is 26.0 Å². The van der Waals surface area contributed by atoms with Crippen molar-refractivity contribution in [3.63, 3.8) is 0 Å². The smallest absolute Gasteiger partial charge is 0.342 e. The van der Waals surface area contributed by atoms with Crippen LogP contribution in [0.25, 0.3) is 6.08 Å². The maximum absolute atomic E-state index is 15.2. The van der Waals surface area contributed by atoms with Gasteiger partial charge in [-0.3, -0.25) is 0 Å². The number of rotatable bonds is 4. The van der Waals surface area contributed by atoms with Gasteiger partial charge in [0.2, 0.25) is 0 Å². The number of ether oxygens (including phenoxy) is 3. The fourth-order valence-corrected chi connectivity index (χ4v) is 4.51. The van der Waals surface area contributed by atoms with Crippen LogP contribution >= 0.6 is 0 Å². The number of phenolic OH excluding ortho intramolecular Hbond substituents is 1. The molecule has 2 aliphatic heterocycles. The van der Waals surface area contributed by atoms with Crippen LogP contribution in [0.1, 0.15) is 63.9 Å². The van der Waals surface area contributed by atoms with Gasteiger partial charge in [0.25, 0.3) is 0 Å². The molecule has 1 N–H and O–H groups in total. The van der Waals surface area contributed by atoms with Crippen molar-refractivity contribution in [3.8, 4) is 5.75 Å². The first-order valence-corrected chi connectivity index (χ1v) is 12.1. The summed E-state index contributed by atoms with van der Waals surface area (Å²) in [4.78, 5) is 26.0. The van der Waals surface area contributed by atoms with Crippen molar-refractivity contribution in [2.75, 3.05) is 11.4 Å². The number of carbonyl (C=O) groups is 2. The van der Waals surface area contributed by atoms with Gasteiger partial charge in [0.1, 0.15) is 29.4 Å². The van der Waals surface area contributed by atoms with E-state index in [4.69, 9.17) is 14.2 Å². The number of phenols is 1. The number of halogens is 1. The van der Waals surface area contributed by atoms with Gasteiger partial charge in [-0.15, -0.1) is 0 Å². The molecule has 1 fully saturated rings. The molecular formula is C26H35BFNO6. The predicted octanol–water partition coefficient (Wildman–Crippen LogP) is 4.37. The van der Waals surface area contributed by atoms with E-state index in [1.54, 1.807) is 51.6 Å². The Morgan fingerprint density at radius 2 is 1.97 bits per heavy atom. The summed E-state index contributed by atoms with van der Waals surface area (Å²) in [5.74, 6) is -3.12. The zero-order valence-electron chi connectivity index (χ0n) is 21.3. The number of aromatic hydroxyl groups is 1. The Bertz CT molecular complexity index is 1010. The highest BCUT2D eigenvalue weighted by Crippen LogP contribution is 2.38. The number of carbonyl (C=O) groups excluding carboxylic acids is 2. The summed E-state index contributed by atoms with van der Waals surface area (Å²) in [5.41, 5.74) is 1.08. The van der Waals surface area contributed by atoms with Gasteiger partial charge < -0.3 is 28.9 Å². The molecule has 0 unspecified atom stereocenters. The minimum atomic E-state index is -0.858. The van der Waals surface area contributed by atoms with Crippen molar-refractivity contribution in [3.05, 3.63) is 41.2 Å². The van der Waals surface area contributed by atoms with Gasteiger partial charge >= 0.3 is 13.4 Å². The molecule has 2 aliphatic rings. The molecule has 0 saturated carbocycles. The van der Waals surface area contributed by atoms with E-state index < -0.39 is 41.9 Å². The number of anilines is 1. The van der Waals surface area contributed by atoms with E-state index >= 15 is 4.39 Å². The van der Waals surface area contributed by atoms with Gasteiger partial charge in [0.15, 0.2) is 5.79 Å². The standard InChI is InChI=1S/C26H35BFNO6/c1-7-29(27-14-30)19-12-18-9-8-10-22-24(35-26(5,6)34-22)16(3)20(28)11-15(2)17(4)33-25(32)23(18)21(31)13-19/h8-9,11-17,22,24,27,31H,7,10H2,1-6H3/b9-8+,20-11+/t15-,16-,17+,22+,24-/m1/s1. The lowest BCUT2D eigenvalue weighted by Crippen LogP contribution is -2.30. The average molecular weight is 487 g/mol. The Hall–Kier alpha value is -2.65. The molecule has 1 aromatic carbocycles. The summed E-state index contributed by atoms with van der Waals surface area (Å²) in [6.45, 7) is 11.3. The van der Waals surface area contributed by atoms with Gasteiger partial charge in [-0.2, -0.15) is 0 Å². The zero-order chi connectivity index (χ0) is 25.9. The molecule has 5 atom stereocenters. The van der Waals surface area contributed by atoms with Crippen LogP contribution in [0, 0.1) is 11.8 Å². The lowest BCUT2D eigenvalue weighted by Gasteiger charge is -2.25. The molecule has 0 bridgehead atoms. The minimum absolute atomic E-state index is 0.0153. The van der Waals surface area contributed by atoms with Gasteiger partial charge in [0, 0.05) is 30.1 Å². The molecule has 9 heteroatoms. The second-order valence-corrected chi connectivity index (χ2v) is 9.72. The highest BCUT2D eigenvalue weighted by molar-refractivity contribution is 6.70. The normalized spacial score (nSPS) is 31.1. The van der Waals surface area contributed by atoms with Crippen LogP contribution in [-0.2, 0) is 19.0 Å². The van der Waals surface area contributed by atoms with Gasteiger partial charge in [-0.25, -0.2) is 9.18 Å². The van der Waals surface area contributed by atoms with E-state index in [1.807, 2.05) is 13.0 Å². The second kappa shape index (κ2) is 11.0. The highest BCUT2D eigenvalue weighted by Gasteiger charge is 2.44. The Labute approximate surface area is 207 Å². The molecule has 190 valence electrons. The Kier molecular flexibility index (Phi) is 8.44. The van der Waals surface area contributed by atoms with E-state index in [0.717, 1.165) is 6.19 Å². The van der Waals surface area contributed by atoms with Crippen LogP contribution < -0.4 is 4.81 Å². The first-order chi connectivity index (χ1) is 16.5. The molecule has 0 radical (unpaired) electrons. The topological polar surface area (TPSA) is 85.3 Å². The molecule has 0 aliphatic carbocycles. The minimum Gasteiger partial charge on any atom is -0.507 e. The van der Waals surface area contributed by atoms with Crippen LogP contribution in [0.5, 0.6) is 5.75 Å². The number of nitrogens with zero attached hydrogens (tertiary/aromatic N) is 1. The summed E-state index contributed by atoms with van der Waals surface area (Å²) >= 11 is 0. The Morgan fingerprint density at radius 1 is 1.26 bits per heavy atom. The van der Waals surface area contributed by atoms with E-state index in [0.29, 0.717) is 24.2 Å². The number of fused-ring (bicyclic) bond motifs is 2. The number of hydrogen-bond donors (Lipinski definition) is 1. The quantitative estimate of drug-likeness (QED) is 0.384. The molecule has 0 aromatic heterocycles. The molecular weight excluding hydrogens is 452 g/mol. The number of hydrogen-bond acceptors (Lipinski definition) is 7. The number of esters is 1. The van der Waals surface area contributed by atoms with Crippen molar-refractivity contribution < 1.29 is 33.3 Å². The first-order valence-electron chi connectivity index (χ1n) is 12.1. The zero-order valence-corrected chi connectivity index (χ0v) is 21.3. The molecule has 1 saturated heterocycles. The molecule has 1 aromatic rings. The van der Waals surface area contributed by atoms with Crippen molar-refractivity contribution >= 4 is 31.3 Å². The highest BCUT2D eigenvalue weighted by atomic mass is 19.1. The second-order valence-electron chi connectivity index (χ2n) is 9.72. The number of benzene rings is 1. The van der Waals surface area contributed by atoms with Crippen LogP contribution in [0.3, 0.4) is 0 Å². The monoisotopic (exact) mass is 487 g/mol. The molecule has 2 heterocycles. The SMILES string of the molecule is CCN(BC=O)c1cc(O)c2c(c1)/C=C/C[C@@H]1OC(C)(C)O[C@@H]1[C@H](C)/C(F)=C\[C@@H](C)[C@H](C)OC2=O. The molecule has 0 amide bonds. The Balaban J connectivity index is 2.09. The van der Waals surface area contributed by atoms with Gasteiger partial charge in [-0.05, 0) is 51.8 Å². The predicted molar refractivity (Wildman–Crippen MR) is 135 cm³/mol. The van der Waals surface area contributed by atoms with Crippen LogP contribution in [-0.4, -0.2) is 55.3 Å². The third-order valence-corrected chi connectivity index (χ3v) is 6.65. The van der Waals surface area contributed by atoms with Crippen molar-refractivity contribution in [1.82, 2.24) is 0 Å². The molecule has 0 spiro atoms. The van der Waals surface area contributed by atoms with Crippen molar-refractivity contribution in [2.45, 2.75) is 72.1 Å². The summed E-state index contributed by atoms with van der Waals surface area (Å²) < 4.78 is 32.9. The fraction of sp³-hybridized carbons (Fsp3) is 0.538. The molecule has 3 rings (SSSR count). The Morgan fingerprint density at radius 3 is 2.63 bits per heavy atom. The van der Waals surface area contributed by atoms with E-state index in [-0.39, 0.29) is 24.6 Å². The largest absolute Gasteiger partial charge is 0.507 e. The number of cyclic esters (lactones) is 1. The summed E-state index contributed by atoms with van der Waals surface area (Å²) in [7, 11) is 0.150. The van der Waals surface area contributed by atoms with Gasteiger partial charge in [0.05, 0.1) is 12.2 Å². The fourth-order valence-electron chi connectivity index (χ4n) is 4.51. The maximum atomic E-state index is 15.2. The molecule has 35 heavy (non-hydrogen) atoms. The third-order valence-electron chi connectivity index (χ3n) is 6.65. The summed E-state index contributed by atoms with van der Waals surface area (Å²) in [5, 5.41) is 10.8. The van der Waals surface area contributed by atoms with E-state index in [1.165, 1.54) is 12.1 Å².